The van der Waals surface area contributed by atoms with E-state index >= 15 is 0 Å². The van der Waals surface area contributed by atoms with E-state index in [-0.39, 0.29) is 0 Å². The molecule has 6 aromatic carbocycles. The van der Waals surface area contributed by atoms with Gasteiger partial charge in [-0.15, -0.1) is 11.3 Å². The molecule has 0 atom stereocenters. The molecule has 0 aliphatic carbocycles. The lowest BCUT2D eigenvalue weighted by Crippen LogP contribution is -2.05. The minimum absolute atomic E-state index is 0.666. The van der Waals surface area contributed by atoms with E-state index < -0.39 is 0 Å². The van der Waals surface area contributed by atoms with Crippen LogP contribution in [0.15, 0.2) is 127 Å². The van der Waals surface area contributed by atoms with Crippen molar-refractivity contribution >= 4 is 75.1 Å². The van der Waals surface area contributed by atoms with E-state index in [0.29, 0.717) is 5.56 Å². The molecule has 4 heteroatoms. The minimum Gasteiger partial charge on any atom is -0.308 e. The lowest BCUT2D eigenvalue weighted by Gasteiger charge is -2.17. The van der Waals surface area contributed by atoms with Gasteiger partial charge in [0.1, 0.15) is 11.6 Å². The number of rotatable bonds is 2. The molecule has 0 amide bonds. The van der Waals surface area contributed by atoms with Crippen LogP contribution in [-0.4, -0.2) is 9.13 Å². The van der Waals surface area contributed by atoms with E-state index in [0.717, 1.165) is 38.8 Å². The van der Waals surface area contributed by atoms with Crippen LogP contribution in [0.5, 0.6) is 0 Å². The molecule has 0 unspecified atom stereocenters. The lowest BCUT2D eigenvalue weighted by molar-refractivity contribution is 1.13. The zero-order chi connectivity index (χ0) is 27.1. The van der Waals surface area contributed by atoms with Crippen molar-refractivity contribution in [2.45, 2.75) is 0 Å². The first-order valence-electron chi connectivity index (χ1n) is 13.7. The second-order valence-corrected chi connectivity index (χ2v) is 11.5. The predicted octanol–water partition coefficient (Wildman–Crippen LogP) is 10.1. The molecular weight excluding hydrogens is 518 g/mol. The molecule has 0 saturated heterocycles. The fraction of sp³-hybridized carbons (Fsp3) is 0. The summed E-state index contributed by atoms with van der Waals surface area (Å²) in [5, 5.41) is 18.1. The van der Waals surface area contributed by atoms with E-state index in [1.807, 2.05) is 0 Å². The van der Waals surface area contributed by atoms with Gasteiger partial charge in [0.05, 0.1) is 33.4 Å². The molecule has 0 spiro atoms. The van der Waals surface area contributed by atoms with Crippen LogP contribution < -0.4 is 0 Å². The highest BCUT2D eigenvalue weighted by Crippen LogP contribution is 2.45. The molecule has 3 nitrogen and oxygen atoms in total. The molecular formula is C37H21N3S. The Kier molecular flexibility index (Phi) is 4.55. The standard InChI is InChI=1S/C37H21N3S/c38-22-28-33(39-29-16-6-1-11-23(29)24-12-2-7-17-30(24)39)21-35-36(27-15-5-10-20-34(27)41-35)37(28)40-31-18-8-3-13-25(31)26-14-4-9-19-32(26)40/h1-21H. The molecule has 9 rings (SSSR count). The zero-order valence-electron chi connectivity index (χ0n) is 21.9. The second-order valence-electron chi connectivity index (χ2n) is 10.4. The van der Waals surface area contributed by atoms with Gasteiger partial charge >= 0.3 is 0 Å². The second kappa shape index (κ2) is 8.32. The number of hydrogen-bond donors (Lipinski definition) is 0. The highest BCUT2D eigenvalue weighted by molar-refractivity contribution is 7.26. The highest BCUT2D eigenvalue weighted by atomic mass is 32.1. The molecule has 0 saturated carbocycles. The minimum atomic E-state index is 0.666. The van der Waals surface area contributed by atoms with Gasteiger partial charge in [0.25, 0.3) is 0 Å². The Bertz CT molecular complexity index is 2450. The summed E-state index contributed by atoms with van der Waals surface area (Å²) in [7, 11) is 0. The number of hydrogen-bond acceptors (Lipinski definition) is 2. The average molecular weight is 540 g/mol. The summed E-state index contributed by atoms with van der Waals surface area (Å²) in [5.74, 6) is 0. The first-order chi connectivity index (χ1) is 20.3. The van der Waals surface area contributed by atoms with Crippen LogP contribution in [-0.2, 0) is 0 Å². The Morgan fingerprint density at radius 3 is 1.44 bits per heavy atom. The molecule has 0 bridgehead atoms. The topological polar surface area (TPSA) is 33.6 Å². The number of benzene rings is 6. The molecule has 190 valence electrons. The van der Waals surface area contributed by atoms with Crippen LogP contribution >= 0.6 is 11.3 Å². The maximum atomic E-state index is 11.1. The van der Waals surface area contributed by atoms with Gasteiger partial charge in [0.2, 0.25) is 0 Å². The monoisotopic (exact) mass is 539 g/mol. The van der Waals surface area contributed by atoms with Gasteiger partial charge in [0.15, 0.2) is 0 Å². The third-order valence-electron chi connectivity index (χ3n) is 8.36. The number of para-hydroxylation sites is 4. The normalized spacial score (nSPS) is 11.9. The van der Waals surface area contributed by atoms with E-state index in [9.17, 15) is 5.26 Å². The Hall–Kier alpha value is -5.37. The van der Waals surface area contributed by atoms with Gasteiger partial charge in [-0.2, -0.15) is 5.26 Å². The molecule has 3 heterocycles. The van der Waals surface area contributed by atoms with Crippen LogP contribution in [0.25, 0.3) is 75.2 Å². The van der Waals surface area contributed by atoms with E-state index in [1.54, 1.807) is 11.3 Å². The summed E-state index contributed by atoms with van der Waals surface area (Å²) in [5.41, 5.74) is 6.90. The maximum Gasteiger partial charge on any atom is 0.104 e. The van der Waals surface area contributed by atoms with Gasteiger partial charge in [-0.25, -0.2) is 0 Å². The fourth-order valence-electron chi connectivity index (χ4n) is 6.71. The Balaban J connectivity index is 1.56. The number of thiophene rings is 1. The van der Waals surface area contributed by atoms with Crippen LogP contribution in [0.4, 0.5) is 0 Å². The third-order valence-corrected chi connectivity index (χ3v) is 9.47. The SMILES string of the molecule is N#Cc1c(-n2c3ccccc3c3ccccc32)cc2sc3ccccc3c2c1-n1c2ccccc2c2ccccc21. The molecule has 41 heavy (non-hydrogen) atoms. The van der Waals surface area contributed by atoms with Gasteiger partial charge < -0.3 is 9.13 Å². The van der Waals surface area contributed by atoms with Gasteiger partial charge in [0, 0.05) is 41.7 Å². The molecule has 0 radical (unpaired) electrons. The van der Waals surface area contributed by atoms with Crippen LogP contribution in [0.2, 0.25) is 0 Å². The van der Waals surface area contributed by atoms with Crippen LogP contribution in [0.1, 0.15) is 5.56 Å². The molecule has 0 aliphatic rings. The summed E-state index contributed by atoms with van der Waals surface area (Å²) in [4.78, 5) is 0. The molecule has 9 aromatic rings. The molecule has 0 fully saturated rings. The van der Waals surface area contributed by atoms with Crippen molar-refractivity contribution in [3.05, 3.63) is 133 Å². The zero-order valence-corrected chi connectivity index (χ0v) is 22.7. The fourth-order valence-corrected chi connectivity index (χ4v) is 7.85. The van der Waals surface area contributed by atoms with E-state index in [2.05, 4.69) is 143 Å². The summed E-state index contributed by atoms with van der Waals surface area (Å²) in [6.45, 7) is 0. The largest absolute Gasteiger partial charge is 0.308 e. The predicted molar refractivity (Wildman–Crippen MR) is 173 cm³/mol. The van der Waals surface area contributed by atoms with Crippen molar-refractivity contribution in [2.75, 3.05) is 0 Å². The van der Waals surface area contributed by atoms with Gasteiger partial charge in [-0.05, 0) is 36.4 Å². The Morgan fingerprint density at radius 2 is 0.927 bits per heavy atom. The van der Waals surface area contributed by atoms with E-state index in [1.165, 1.54) is 36.3 Å². The van der Waals surface area contributed by atoms with Gasteiger partial charge in [-0.3, -0.25) is 0 Å². The summed E-state index contributed by atoms with van der Waals surface area (Å²) >= 11 is 1.79. The first-order valence-corrected chi connectivity index (χ1v) is 14.5. The number of fused-ring (bicyclic) bond motifs is 9. The first kappa shape index (κ1) is 22.4. The van der Waals surface area contributed by atoms with Crippen molar-refractivity contribution in [1.82, 2.24) is 9.13 Å². The van der Waals surface area contributed by atoms with Crippen molar-refractivity contribution in [3.63, 3.8) is 0 Å². The number of nitriles is 1. The van der Waals surface area contributed by atoms with Crippen LogP contribution in [0, 0.1) is 11.3 Å². The summed E-state index contributed by atoms with van der Waals surface area (Å²) < 4.78 is 6.98. The molecule has 0 aliphatic heterocycles. The average Bonchev–Trinajstić information content (AvgIpc) is 3.68. The summed E-state index contributed by atoms with van der Waals surface area (Å²) in [6, 6.07) is 47.6. The van der Waals surface area contributed by atoms with Crippen molar-refractivity contribution in [1.29, 1.82) is 5.26 Å². The summed E-state index contributed by atoms with van der Waals surface area (Å²) in [6.07, 6.45) is 0. The number of nitrogens with zero attached hydrogens (tertiary/aromatic N) is 3. The highest BCUT2D eigenvalue weighted by Gasteiger charge is 2.25. The van der Waals surface area contributed by atoms with Crippen molar-refractivity contribution < 1.29 is 0 Å². The van der Waals surface area contributed by atoms with Gasteiger partial charge in [-0.1, -0.05) is 91.0 Å². The number of aromatic nitrogens is 2. The van der Waals surface area contributed by atoms with Crippen LogP contribution in [0.3, 0.4) is 0 Å². The smallest absolute Gasteiger partial charge is 0.104 e. The van der Waals surface area contributed by atoms with E-state index in [4.69, 9.17) is 0 Å². The lowest BCUT2D eigenvalue weighted by atomic mass is 10.0. The molecule has 0 N–H and O–H groups in total. The quantitative estimate of drug-likeness (QED) is 0.215. The Labute approximate surface area is 239 Å². The third kappa shape index (κ3) is 2.96. The molecule has 3 aromatic heterocycles. The Morgan fingerprint density at radius 1 is 0.488 bits per heavy atom. The van der Waals surface area contributed by atoms with Crippen molar-refractivity contribution in [3.8, 4) is 17.4 Å². The maximum absolute atomic E-state index is 11.1. The van der Waals surface area contributed by atoms with Crippen molar-refractivity contribution in [2.24, 2.45) is 0 Å².